The van der Waals surface area contributed by atoms with Crippen molar-refractivity contribution in [2.45, 2.75) is 32.4 Å². The number of anilines is 1. The maximum atomic E-state index is 9.20. The van der Waals surface area contributed by atoms with E-state index >= 15 is 0 Å². The predicted octanol–water partition coefficient (Wildman–Crippen LogP) is 1.69. The molecule has 1 fully saturated rings. The lowest BCUT2D eigenvalue weighted by molar-refractivity contribution is 0.199. The van der Waals surface area contributed by atoms with E-state index in [4.69, 9.17) is 4.74 Å². The summed E-state index contributed by atoms with van der Waals surface area (Å²) in [5, 5.41) is 12.6. The van der Waals surface area contributed by atoms with Crippen LogP contribution in [0.5, 0.6) is 0 Å². The van der Waals surface area contributed by atoms with Gasteiger partial charge in [0.15, 0.2) is 0 Å². The Balaban J connectivity index is 1.97. The summed E-state index contributed by atoms with van der Waals surface area (Å²) in [6.07, 6.45) is 2.50. The molecule has 1 aromatic rings. The Morgan fingerprint density at radius 2 is 2.20 bits per heavy atom. The number of ether oxygens (including phenoxy) is 1. The molecule has 0 saturated heterocycles. The van der Waals surface area contributed by atoms with E-state index in [9.17, 15) is 5.11 Å². The highest BCUT2D eigenvalue weighted by molar-refractivity contribution is 5.52. The summed E-state index contributed by atoms with van der Waals surface area (Å²) in [5.74, 6) is 0. The van der Waals surface area contributed by atoms with Crippen LogP contribution in [0.25, 0.3) is 0 Å². The van der Waals surface area contributed by atoms with Crippen molar-refractivity contribution in [3.05, 3.63) is 29.3 Å². The van der Waals surface area contributed by atoms with E-state index in [1.54, 1.807) is 7.11 Å². The number of aryl methyl sites for hydroxylation is 1. The van der Waals surface area contributed by atoms with Gasteiger partial charge in [-0.05, 0) is 43.0 Å². The lowest BCUT2D eigenvalue weighted by Gasteiger charge is -2.24. The van der Waals surface area contributed by atoms with Crippen molar-refractivity contribution >= 4 is 5.69 Å². The molecule has 4 nitrogen and oxygen atoms in total. The summed E-state index contributed by atoms with van der Waals surface area (Å²) in [6.45, 7) is 5.59. The zero-order valence-electron chi connectivity index (χ0n) is 12.6. The fraction of sp³-hybridized carbons (Fsp3) is 0.625. The second-order valence-electron chi connectivity index (χ2n) is 5.43. The van der Waals surface area contributed by atoms with Crippen molar-refractivity contribution in [2.24, 2.45) is 0 Å². The minimum Gasteiger partial charge on any atom is -0.395 e. The second-order valence-corrected chi connectivity index (χ2v) is 5.43. The van der Waals surface area contributed by atoms with Crippen LogP contribution in [0, 0.1) is 6.92 Å². The third-order valence-corrected chi connectivity index (χ3v) is 3.78. The molecule has 1 aliphatic rings. The SMILES string of the molecule is COCCNCc1ccc(N(CCO)C2CC2)cc1C. The molecule has 1 aliphatic carbocycles. The first kappa shape index (κ1) is 15.3. The quantitative estimate of drug-likeness (QED) is 0.675. The van der Waals surface area contributed by atoms with Gasteiger partial charge >= 0.3 is 0 Å². The van der Waals surface area contributed by atoms with Gasteiger partial charge in [0.1, 0.15) is 0 Å². The molecule has 20 heavy (non-hydrogen) atoms. The number of aliphatic hydroxyl groups excluding tert-OH is 1. The minimum atomic E-state index is 0.218. The maximum Gasteiger partial charge on any atom is 0.0606 e. The molecule has 112 valence electrons. The van der Waals surface area contributed by atoms with Crippen LogP contribution >= 0.6 is 0 Å². The second kappa shape index (κ2) is 7.62. The molecule has 0 unspecified atom stereocenters. The molecule has 0 amide bonds. The van der Waals surface area contributed by atoms with E-state index < -0.39 is 0 Å². The predicted molar refractivity (Wildman–Crippen MR) is 82.2 cm³/mol. The van der Waals surface area contributed by atoms with Crippen molar-refractivity contribution in [3.63, 3.8) is 0 Å². The van der Waals surface area contributed by atoms with Crippen LogP contribution in [0.15, 0.2) is 18.2 Å². The highest BCUT2D eigenvalue weighted by Gasteiger charge is 2.28. The molecule has 1 aromatic carbocycles. The van der Waals surface area contributed by atoms with Crippen LogP contribution in [-0.2, 0) is 11.3 Å². The fourth-order valence-electron chi connectivity index (χ4n) is 2.47. The van der Waals surface area contributed by atoms with Crippen LogP contribution in [0.2, 0.25) is 0 Å². The Labute approximate surface area is 121 Å². The van der Waals surface area contributed by atoms with Gasteiger partial charge in [-0.15, -0.1) is 0 Å². The molecule has 0 aliphatic heterocycles. The van der Waals surface area contributed by atoms with E-state index in [2.05, 4.69) is 35.3 Å². The van der Waals surface area contributed by atoms with Crippen molar-refractivity contribution in [2.75, 3.05) is 38.3 Å². The highest BCUT2D eigenvalue weighted by atomic mass is 16.5. The van der Waals surface area contributed by atoms with E-state index in [-0.39, 0.29) is 6.61 Å². The first-order chi connectivity index (χ1) is 9.76. The average Bonchev–Trinajstić information content (AvgIpc) is 3.27. The summed E-state index contributed by atoms with van der Waals surface area (Å²) < 4.78 is 5.03. The minimum absolute atomic E-state index is 0.218. The molecule has 2 N–H and O–H groups in total. The maximum absolute atomic E-state index is 9.20. The van der Waals surface area contributed by atoms with Crippen LogP contribution in [0.1, 0.15) is 24.0 Å². The molecular weight excluding hydrogens is 252 g/mol. The number of rotatable bonds is 9. The first-order valence-electron chi connectivity index (χ1n) is 7.43. The van der Waals surface area contributed by atoms with E-state index in [1.807, 2.05) is 0 Å². The van der Waals surface area contributed by atoms with Gasteiger partial charge in [-0.3, -0.25) is 0 Å². The molecule has 4 heteroatoms. The summed E-state index contributed by atoms with van der Waals surface area (Å²) in [7, 11) is 1.72. The smallest absolute Gasteiger partial charge is 0.0606 e. The molecule has 0 radical (unpaired) electrons. The van der Waals surface area contributed by atoms with Gasteiger partial charge in [-0.2, -0.15) is 0 Å². The third-order valence-electron chi connectivity index (χ3n) is 3.78. The molecule has 0 atom stereocenters. The Hall–Kier alpha value is -1.10. The van der Waals surface area contributed by atoms with Gasteiger partial charge in [0, 0.05) is 38.5 Å². The zero-order chi connectivity index (χ0) is 14.4. The van der Waals surface area contributed by atoms with Crippen LogP contribution in [-0.4, -0.2) is 44.6 Å². The van der Waals surface area contributed by atoms with E-state index in [0.717, 1.165) is 26.2 Å². The molecule has 0 aromatic heterocycles. The Morgan fingerprint density at radius 3 is 2.80 bits per heavy atom. The standard InChI is InChI=1S/C16H26N2O2/c1-13-11-16(18(8-9-19)15-5-6-15)4-3-14(13)12-17-7-10-20-2/h3-4,11,15,17,19H,5-10,12H2,1-2H3. The van der Waals surface area contributed by atoms with Gasteiger partial charge < -0.3 is 20.1 Å². The largest absolute Gasteiger partial charge is 0.395 e. The number of hydrogen-bond donors (Lipinski definition) is 2. The fourth-order valence-corrected chi connectivity index (χ4v) is 2.47. The molecule has 0 bridgehead atoms. The number of nitrogens with one attached hydrogen (secondary N) is 1. The average molecular weight is 278 g/mol. The molecule has 1 saturated carbocycles. The summed E-state index contributed by atoms with van der Waals surface area (Å²) >= 11 is 0. The molecular formula is C16H26N2O2. The number of nitrogens with zero attached hydrogens (tertiary/aromatic N) is 1. The van der Waals surface area contributed by atoms with Crippen LogP contribution < -0.4 is 10.2 Å². The molecule has 0 spiro atoms. The van der Waals surface area contributed by atoms with Crippen molar-refractivity contribution in [3.8, 4) is 0 Å². The number of aliphatic hydroxyl groups is 1. The first-order valence-corrected chi connectivity index (χ1v) is 7.43. The van der Waals surface area contributed by atoms with Crippen LogP contribution in [0.4, 0.5) is 5.69 Å². The number of methoxy groups -OCH3 is 1. The molecule has 0 heterocycles. The van der Waals surface area contributed by atoms with Gasteiger partial charge in [0.05, 0.1) is 13.2 Å². The number of benzene rings is 1. The third kappa shape index (κ3) is 4.20. The normalized spacial score (nSPS) is 14.6. The summed E-state index contributed by atoms with van der Waals surface area (Å²) in [5.41, 5.74) is 3.86. The van der Waals surface area contributed by atoms with E-state index in [1.165, 1.54) is 29.7 Å². The van der Waals surface area contributed by atoms with Crippen molar-refractivity contribution in [1.82, 2.24) is 5.32 Å². The topological polar surface area (TPSA) is 44.7 Å². The van der Waals surface area contributed by atoms with Crippen molar-refractivity contribution < 1.29 is 9.84 Å². The van der Waals surface area contributed by atoms with E-state index in [0.29, 0.717) is 6.04 Å². The Morgan fingerprint density at radius 1 is 1.40 bits per heavy atom. The monoisotopic (exact) mass is 278 g/mol. The zero-order valence-corrected chi connectivity index (χ0v) is 12.6. The van der Waals surface area contributed by atoms with Crippen LogP contribution in [0.3, 0.4) is 0 Å². The highest BCUT2D eigenvalue weighted by Crippen LogP contribution is 2.32. The van der Waals surface area contributed by atoms with Gasteiger partial charge in [0.25, 0.3) is 0 Å². The summed E-state index contributed by atoms with van der Waals surface area (Å²) in [4.78, 5) is 2.33. The van der Waals surface area contributed by atoms with Gasteiger partial charge in [0.2, 0.25) is 0 Å². The molecule has 2 rings (SSSR count). The Bertz CT molecular complexity index is 419. The van der Waals surface area contributed by atoms with Crippen molar-refractivity contribution in [1.29, 1.82) is 0 Å². The number of hydrogen-bond acceptors (Lipinski definition) is 4. The van der Waals surface area contributed by atoms with Gasteiger partial charge in [-0.25, -0.2) is 0 Å². The van der Waals surface area contributed by atoms with Gasteiger partial charge in [-0.1, -0.05) is 6.07 Å². The summed E-state index contributed by atoms with van der Waals surface area (Å²) in [6, 6.07) is 7.24. The Kier molecular flexibility index (Phi) is 5.83. The lowest BCUT2D eigenvalue weighted by Crippen LogP contribution is -2.29. The lowest BCUT2D eigenvalue weighted by atomic mass is 10.1.